The molecule has 0 aromatic heterocycles. The third-order valence-corrected chi connectivity index (χ3v) is 8.10. The summed E-state index contributed by atoms with van der Waals surface area (Å²) in [6, 6.07) is 27.8. The molecule has 3 aromatic rings. The molecule has 0 saturated carbocycles. The molecule has 2 N–H and O–H groups in total. The first-order valence-corrected chi connectivity index (χ1v) is 15.4. The van der Waals surface area contributed by atoms with Gasteiger partial charge in [0.2, 0.25) is 0 Å². The highest BCUT2D eigenvalue weighted by Gasteiger charge is 2.53. The smallest absolute Gasteiger partial charge is 0.412 e. The molecule has 3 aromatic carbocycles. The molecular weight excluding hydrogens is 590 g/mol. The second kappa shape index (κ2) is 16.2. The fraction of sp³-hybridized carbons (Fsp3) is 0.361. The van der Waals surface area contributed by atoms with E-state index in [9.17, 15) is 19.5 Å². The largest absolute Gasteiger partial charge is 0.454 e. The number of nitrogens with one attached hydrogen (secondary N) is 1. The number of esters is 2. The van der Waals surface area contributed by atoms with Gasteiger partial charge in [0.05, 0.1) is 18.4 Å². The van der Waals surface area contributed by atoms with Crippen molar-refractivity contribution in [1.29, 1.82) is 0 Å². The molecule has 0 radical (unpaired) electrons. The van der Waals surface area contributed by atoms with Crippen LogP contribution in [0.5, 0.6) is 0 Å². The minimum Gasteiger partial charge on any atom is -0.454 e. The van der Waals surface area contributed by atoms with E-state index in [2.05, 4.69) is 5.32 Å². The molecule has 1 fully saturated rings. The van der Waals surface area contributed by atoms with E-state index in [4.69, 9.17) is 23.7 Å². The quantitative estimate of drug-likeness (QED) is 0.204. The number of anilines is 1. The third kappa shape index (κ3) is 8.60. The number of amides is 1. The van der Waals surface area contributed by atoms with Gasteiger partial charge in [-0.2, -0.15) is 0 Å². The Morgan fingerprint density at radius 3 is 1.78 bits per heavy atom. The van der Waals surface area contributed by atoms with Crippen molar-refractivity contribution in [2.24, 2.45) is 11.8 Å². The van der Waals surface area contributed by atoms with Gasteiger partial charge in [0.1, 0.15) is 6.10 Å². The number of aliphatic hydroxyl groups excluding tert-OH is 1. The highest BCUT2D eigenvalue weighted by atomic mass is 16.7. The lowest BCUT2D eigenvalue weighted by atomic mass is 9.92. The average molecular weight is 630 g/mol. The van der Waals surface area contributed by atoms with Crippen LogP contribution in [-0.4, -0.2) is 67.6 Å². The van der Waals surface area contributed by atoms with Crippen LogP contribution < -0.4 is 5.32 Å². The highest BCUT2D eigenvalue weighted by molar-refractivity contribution is 5.84. The molecule has 2 aliphatic heterocycles. The van der Waals surface area contributed by atoms with Crippen molar-refractivity contribution in [2.75, 3.05) is 19.0 Å². The van der Waals surface area contributed by atoms with Crippen LogP contribution in [0.15, 0.2) is 103 Å². The molecule has 10 heteroatoms. The molecular formula is C36H39NO9. The van der Waals surface area contributed by atoms with Gasteiger partial charge in [-0.3, -0.25) is 14.9 Å². The second-order valence-corrected chi connectivity index (χ2v) is 11.3. The van der Waals surface area contributed by atoms with Gasteiger partial charge >= 0.3 is 18.0 Å². The van der Waals surface area contributed by atoms with E-state index in [1.807, 2.05) is 72.8 Å². The van der Waals surface area contributed by atoms with E-state index >= 15 is 0 Å². The summed E-state index contributed by atoms with van der Waals surface area (Å²) in [5.41, 5.74) is 2.37. The molecule has 2 heterocycles. The highest BCUT2D eigenvalue weighted by Crippen LogP contribution is 2.32. The van der Waals surface area contributed by atoms with Crippen LogP contribution in [0.3, 0.4) is 0 Å². The Hall–Kier alpha value is -4.51. The van der Waals surface area contributed by atoms with Crippen LogP contribution in [0.1, 0.15) is 24.0 Å². The summed E-state index contributed by atoms with van der Waals surface area (Å²) in [7, 11) is 1.35. The number of para-hydroxylation sites is 1. The van der Waals surface area contributed by atoms with Crippen LogP contribution >= 0.6 is 0 Å². The summed E-state index contributed by atoms with van der Waals surface area (Å²) < 4.78 is 29.4. The molecule has 10 nitrogen and oxygen atoms in total. The number of rotatable bonds is 8. The fourth-order valence-corrected chi connectivity index (χ4v) is 5.71. The molecule has 0 bridgehead atoms. The van der Waals surface area contributed by atoms with Crippen molar-refractivity contribution in [3.8, 4) is 0 Å². The van der Waals surface area contributed by atoms with Crippen LogP contribution in [0.2, 0.25) is 0 Å². The first kappa shape index (κ1) is 32.9. The van der Waals surface area contributed by atoms with E-state index in [0.29, 0.717) is 31.4 Å². The van der Waals surface area contributed by atoms with Crippen LogP contribution in [0.25, 0.3) is 0 Å². The number of carbonyl (C=O) groups excluding carboxylic acids is 3. The summed E-state index contributed by atoms with van der Waals surface area (Å²) in [6.07, 6.45) is -1.94. The van der Waals surface area contributed by atoms with Gasteiger partial charge in [0.15, 0.2) is 24.6 Å². The van der Waals surface area contributed by atoms with Gasteiger partial charge < -0.3 is 28.8 Å². The molecule has 0 aliphatic carbocycles. The number of carbonyl (C=O) groups is 3. The number of methoxy groups -OCH3 is 1. The molecule has 2 aliphatic rings. The SMILES string of the molecule is CO[C@H]1O[C@H](CO)[C@@H](OC(=O)Nc2ccccc2)[C@@H]2OC(=O)[C@H](Cc3ccccc3)C/C=C/C[C@@H](Cc3ccccc3)C(=O)O[C@@H]12. The van der Waals surface area contributed by atoms with Gasteiger partial charge in [-0.1, -0.05) is 91.0 Å². The maximum atomic E-state index is 13.9. The Morgan fingerprint density at radius 1 is 0.783 bits per heavy atom. The van der Waals surface area contributed by atoms with Crippen LogP contribution in [0.4, 0.5) is 10.5 Å². The standard InChI is InChI=1S/C36H39NO9/c1-42-35-32-31(30(29(23-38)43-35)46-36(41)37-28-19-9-4-10-20-28)44-33(39)26(21-24-13-5-2-6-14-24)17-11-12-18-27(34(40)45-32)22-25-15-7-3-8-16-25/h2-16,19-20,26-27,29-32,35,38H,17-18,21-23H2,1H3,(H,37,41)/b12-11+/t26-,27-,29+,30+,31-,32+,35-/m0/s1. The normalized spacial score (nSPS) is 27.5. The Kier molecular flexibility index (Phi) is 11.6. The van der Waals surface area contributed by atoms with Gasteiger partial charge in [0, 0.05) is 12.8 Å². The summed E-state index contributed by atoms with van der Waals surface area (Å²) in [5, 5.41) is 12.9. The monoisotopic (exact) mass is 629 g/mol. The number of fused-ring (bicyclic) bond motifs is 1. The van der Waals surface area contributed by atoms with E-state index in [-0.39, 0.29) is 0 Å². The zero-order chi connectivity index (χ0) is 32.3. The lowest BCUT2D eigenvalue weighted by Crippen LogP contribution is -2.63. The molecule has 0 spiro atoms. The molecule has 1 amide bonds. The zero-order valence-corrected chi connectivity index (χ0v) is 25.6. The molecule has 46 heavy (non-hydrogen) atoms. The lowest BCUT2D eigenvalue weighted by Gasteiger charge is -2.44. The summed E-state index contributed by atoms with van der Waals surface area (Å²) >= 11 is 0. The van der Waals surface area contributed by atoms with Crippen LogP contribution in [0, 0.1) is 11.8 Å². The Morgan fingerprint density at radius 2 is 1.28 bits per heavy atom. The van der Waals surface area contributed by atoms with E-state index in [0.717, 1.165) is 11.1 Å². The Bertz CT molecular complexity index is 1450. The molecule has 1 saturated heterocycles. The minimum absolute atomic E-state index is 0.353. The van der Waals surface area contributed by atoms with E-state index in [1.54, 1.807) is 30.3 Å². The number of hydrogen-bond donors (Lipinski definition) is 2. The predicted octanol–water partition coefficient (Wildman–Crippen LogP) is 4.86. The summed E-state index contributed by atoms with van der Waals surface area (Å²) in [5.74, 6) is -2.30. The predicted molar refractivity (Wildman–Crippen MR) is 168 cm³/mol. The Balaban J connectivity index is 1.49. The maximum Gasteiger partial charge on any atom is 0.412 e. The average Bonchev–Trinajstić information content (AvgIpc) is 3.07. The second-order valence-electron chi connectivity index (χ2n) is 11.3. The lowest BCUT2D eigenvalue weighted by molar-refractivity contribution is -0.300. The molecule has 242 valence electrons. The summed E-state index contributed by atoms with van der Waals surface area (Å²) in [6.45, 7) is -0.593. The van der Waals surface area contributed by atoms with Gasteiger partial charge in [-0.25, -0.2) is 4.79 Å². The maximum absolute atomic E-state index is 13.9. The Labute approximate surface area is 268 Å². The van der Waals surface area contributed by atoms with Crippen molar-refractivity contribution in [2.45, 2.75) is 56.4 Å². The summed E-state index contributed by atoms with van der Waals surface area (Å²) in [4.78, 5) is 40.8. The fourth-order valence-electron chi connectivity index (χ4n) is 5.71. The molecule has 5 rings (SSSR count). The van der Waals surface area contributed by atoms with Gasteiger partial charge in [0.25, 0.3) is 0 Å². The van der Waals surface area contributed by atoms with Crippen molar-refractivity contribution >= 4 is 23.7 Å². The first-order valence-electron chi connectivity index (χ1n) is 15.4. The minimum atomic E-state index is -1.35. The number of benzene rings is 3. The van der Waals surface area contributed by atoms with Crippen molar-refractivity contribution in [3.63, 3.8) is 0 Å². The number of ether oxygens (including phenoxy) is 5. The van der Waals surface area contributed by atoms with Crippen molar-refractivity contribution < 1.29 is 43.2 Å². The topological polar surface area (TPSA) is 130 Å². The zero-order valence-electron chi connectivity index (χ0n) is 25.6. The first-order chi connectivity index (χ1) is 22.4. The van der Waals surface area contributed by atoms with E-state index < -0.39 is 67.2 Å². The number of hydrogen-bond acceptors (Lipinski definition) is 9. The van der Waals surface area contributed by atoms with E-state index in [1.165, 1.54) is 7.11 Å². The third-order valence-electron chi connectivity index (χ3n) is 8.10. The number of aliphatic hydroxyl groups is 1. The van der Waals surface area contributed by atoms with Crippen molar-refractivity contribution in [1.82, 2.24) is 0 Å². The van der Waals surface area contributed by atoms with Gasteiger partial charge in [-0.05, 0) is 48.9 Å². The molecule has 0 unspecified atom stereocenters. The van der Waals surface area contributed by atoms with Crippen LogP contribution in [-0.2, 0) is 46.1 Å². The van der Waals surface area contributed by atoms with Gasteiger partial charge in [-0.15, -0.1) is 0 Å². The number of allylic oxidation sites excluding steroid dienone is 2. The molecule has 7 atom stereocenters. The van der Waals surface area contributed by atoms with Crippen molar-refractivity contribution in [3.05, 3.63) is 114 Å².